The standard InChI is InChI=1S/C10H10O2/c1-12-8-10(7-11)9-5-3-2-4-6-9/h2-8H,1H3/b10-8+. The van der Waals surface area contributed by atoms with Crippen molar-refractivity contribution >= 4 is 11.9 Å². The Bertz CT molecular complexity index is 275. The van der Waals surface area contributed by atoms with Gasteiger partial charge in [-0.3, -0.25) is 4.79 Å². The Morgan fingerprint density at radius 2 is 2.00 bits per heavy atom. The van der Waals surface area contributed by atoms with Crippen LogP contribution in [0.3, 0.4) is 0 Å². The number of carbonyl (C=O) groups is 1. The van der Waals surface area contributed by atoms with Crippen LogP contribution in [0.25, 0.3) is 5.57 Å². The minimum atomic E-state index is 0.554. The van der Waals surface area contributed by atoms with Gasteiger partial charge in [0.05, 0.1) is 18.9 Å². The van der Waals surface area contributed by atoms with E-state index < -0.39 is 0 Å². The molecular formula is C10H10O2. The zero-order chi connectivity index (χ0) is 8.81. The molecule has 0 spiro atoms. The summed E-state index contributed by atoms with van der Waals surface area (Å²) in [7, 11) is 1.52. The quantitative estimate of drug-likeness (QED) is 0.385. The first-order chi connectivity index (χ1) is 5.88. The molecule has 0 aromatic heterocycles. The summed E-state index contributed by atoms with van der Waals surface area (Å²) in [6, 6.07) is 9.38. The summed E-state index contributed by atoms with van der Waals surface area (Å²) in [6.45, 7) is 0. The van der Waals surface area contributed by atoms with E-state index in [0.29, 0.717) is 5.57 Å². The van der Waals surface area contributed by atoms with Gasteiger partial charge in [-0.25, -0.2) is 0 Å². The number of methoxy groups -OCH3 is 1. The van der Waals surface area contributed by atoms with Gasteiger partial charge in [0.2, 0.25) is 0 Å². The number of aldehydes is 1. The van der Waals surface area contributed by atoms with Crippen LogP contribution in [-0.2, 0) is 9.53 Å². The van der Waals surface area contributed by atoms with Crippen LogP contribution in [0.2, 0.25) is 0 Å². The van der Waals surface area contributed by atoms with E-state index >= 15 is 0 Å². The van der Waals surface area contributed by atoms with Crippen LogP contribution in [0.5, 0.6) is 0 Å². The van der Waals surface area contributed by atoms with Crippen molar-refractivity contribution in [1.82, 2.24) is 0 Å². The van der Waals surface area contributed by atoms with Crippen LogP contribution in [-0.4, -0.2) is 13.4 Å². The molecule has 0 fully saturated rings. The molecule has 0 aliphatic carbocycles. The lowest BCUT2D eigenvalue weighted by Crippen LogP contribution is -1.85. The molecule has 0 heterocycles. The topological polar surface area (TPSA) is 26.3 Å². The Balaban J connectivity index is 2.96. The third-order valence-corrected chi connectivity index (χ3v) is 1.48. The Kier molecular flexibility index (Phi) is 3.08. The molecule has 0 atom stereocenters. The largest absolute Gasteiger partial charge is 0.504 e. The normalized spacial score (nSPS) is 10.9. The molecule has 12 heavy (non-hydrogen) atoms. The van der Waals surface area contributed by atoms with Crippen LogP contribution in [0.1, 0.15) is 5.56 Å². The van der Waals surface area contributed by atoms with Crippen molar-refractivity contribution in [1.29, 1.82) is 0 Å². The highest BCUT2D eigenvalue weighted by Crippen LogP contribution is 2.10. The Labute approximate surface area is 71.5 Å². The molecule has 2 nitrogen and oxygen atoms in total. The number of benzene rings is 1. The van der Waals surface area contributed by atoms with E-state index in [0.717, 1.165) is 11.8 Å². The lowest BCUT2D eigenvalue weighted by Gasteiger charge is -1.97. The number of allylic oxidation sites excluding steroid dienone is 1. The second-order valence-corrected chi connectivity index (χ2v) is 2.29. The Morgan fingerprint density at radius 1 is 1.33 bits per heavy atom. The molecule has 1 aromatic rings. The lowest BCUT2D eigenvalue weighted by atomic mass is 10.1. The van der Waals surface area contributed by atoms with Crippen molar-refractivity contribution in [3.63, 3.8) is 0 Å². The van der Waals surface area contributed by atoms with E-state index in [2.05, 4.69) is 0 Å². The Hall–Kier alpha value is -1.57. The van der Waals surface area contributed by atoms with Crippen molar-refractivity contribution in [2.45, 2.75) is 0 Å². The SMILES string of the molecule is CO/C=C(\C=O)c1ccccc1. The second-order valence-electron chi connectivity index (χ2n) is 2.29. The van der Waals surface area contributed by atoms with Crippen LogP contribution in [0, 0.1) is 0 Å². The first-order valence-corrected chi connectivity index (χ1v) is 3.62. The minimum Gasteiger partial charge on any atom is -0.504 e. The molecule has 0 amide bonds. The summed E-state index contributed by atoms with van der Waals surface area (Å²) in [5.41, 5.74) is 1.42. The number of carbonyl (C=O) groups excluding carboxylic acids is 1. The molecule has 1 rings (SSSR count). The van der Waals surface area contributed by atoms with Gasteiger partial charge in [0.1, 0.15) is 0 Å². The highest BCUT2D eigenvalue weighted by atomic mass is 16.5. The van der Waals surface area contributed by atoms with Crippen molar-refractivity contribution in [2.75, 3.05) is 7.11 Å². The molecule has 0 bridgehead atoms. The minimum absolute atomic E-state index is 0.554. The second kappa shape index (κ2) is 4.34. The van der Waals surface area contributed by atoms with Gasteiger partial charge < -0.3 is 4.74 Å². The van der Waals surface area contributed by atoms with Gasteiger partial charge in [-0.15, -0.1) is 0 Å². The first-order valence-electron chi connectivity index (χ1n) is 3.62. The average molecular weight is 162 g/mol. The van der Waals surface area contributed by atoms with E-state index in [1.807, 2.05) is 30.3 Å². The van der Waals surface area contributed by atoms with Gasteiger partial charge in [-0.2, -0.15) is 0 Å². The van der Waals surface area contributed by atoms with Crippen molar-refractivity contribution in [3.8, 4) is 0 Å². The van der Waals surface area contributed by atoms with Crippen molar-refractivity contribution in [3.05, 3.63) is 42.2 Å². The highest BCUT2D eigenvalue weighted by molar-refractivity contribution is 6.06. The number of ether oxygens (including phenoxy) is 1. The summed E-state index contributed by atoms with van der Waals surface area (Å²) in [5.74, 6) is 0. The smallest absolute Gasteiger partial charge is 0.153 e. The average Bonchev–Trinajstić information content (AvgIpc) is 2.15. The molecule has 0 saturated carbocycles. The molecule has 1 aromatic carbocycles. The van der Waals surface area contributed by atoms with E-state index in [4.69, 9.17) is 4.74 Å². The molecule has 0 radical (unpaired) electrons. The first kappa shape index (κ1) is 8.53. The third-order valence-electron chi connectivity index (χ3n) is 1.48. The summed E-state index contributed by atoms with van der Waals surface area (Å²) >= 11 is 0. The van der Waals surface area contributed by atoms with Crippen molar-refractivity contribution < 1.29 is 9.53 Å². The third kappa shape index (κ3) is 1.95. The maximum atomic E-state index is 10.5. The summed E-state index contributed by atoms with van der Waals surface area (Å²) < 4.78 is 4.76. The van der Waals surface area contributed by atoms with Gasteiger partial charge in [-0.1, -0.05) is 30.3 Å². The van der Waals surface area contributed by atoms with E-state index in [1.54, 1.807) is 0 Å². The van der Waals surface area contributed by atoms with E-state index in [9.17, 15) is 4.79 Å². The van der Waals surface area contributed by atoms with Crippen LogP contribution in [0.15, 0.2) is 36.6 Å². The zero-order valence-corrected chi connectivity index (χ0v) is 6.86. The fourth-order valence-electron chi connectivity index (χ4n) is 0.921. The molecule has 2 heteroatoms. The van der Waals surface area contributed by atoms with E-state index in [1.165, 1.54) is 13.4 Å². The number of hydrogen-bond donors (Lipinski definition) is 0. The highest BCUT2D eigenvalue weighted by Gasteiger charge is 1.97. The fraction of sp³-hybridized carbons (Fsp3) is 0.100. The maximum absolute atomic E-state index is 10.5. The lowest BCUT2D eigenvalue weighted by molar-refractivity contribution is -0.103. The summed E-state index contributed by atoms with van der Waals surface area (Å²) in [4.78, 5) is 10.5. The molecule has 0 aliphatic heterocycles. The predicted octanol–water partition coefficient (Wildman–Crippen LogP) is 1.87. The molecular weight excluding hydrogens is 152 g/mol. The maximum Gasteiger partial charge on any atom is 0.153 e. The van der Waals surface area contributed by atoms with Gasteiger partial charge in [0.25, 0.3) is 0 Å². The number of hydrogen-bond acceptors (Lipinski definition) is 2. The van der Waals surface area contributed by atoms with Crippen molar-refractivity contribution in [2.24, 2.45) is 0 Å². The fourth-order valence-corrected chi connectivity index (χ4v) is 0.921. The molecule has 0 N–H and O–H groups in total. The molecule has 0 saturated heterocycles. The molecule has 0 unspecified atom stereocenters. The molecule has 62 valence electrons. The molecule has 0 aliphatic rings. The van der Waals surface area contributed by atoms with Crippen LogP contribution in [0.4, 0.5) is 0 Å². The van der Waals surface area contributed by atoms with E-state index in [-0.39, 0.29) is 0 Å². The van der Waals surface area contributed by atoms with Gasteiger partial charge in [-0.05, 0) is 5.56 Å². The van der Waals surface area contributed by atoms with Gasteiger partial charge in [0, 0.05) is 0 Å². The van der Waals surface area contributed by atoms with Gasteiger partial charge in [0.15, 0.2) is 6.29 Å². The van der Waals surface area contributed by atoms with Gasteiger partial charge >= 0.3 is 0 Å². The monoisotopic (exact) mass is 162 g/mol. The zero-order valence-electron chi connectivity index (χ0n) is 6.86. The number of rotatable bonds is 3. The summed E-state index contributed by atoms with van der Waals surface area (Å²) in [6.07, 6.45) is 2.21. The van der Waals surface area contributed by atoms with Crippen LogP contribution >= 0.6 is 0 Å². The van der Waals surface area contributed by atoms with Crippen LogP contribution < -0.4 is 0 Å². The predicted molar refractivity (Wildman–Crippen MR) is 47.5 cm³/mol. The Morgan fingerprint density at radius 3 is 2.50 bits per heavy atom. The summed E-state index contributed by atoms with van der Waals surface area (Å²) in [5, 5.41) is 0.